The van der Waals surface area contributed by atoms with E-state index < -0.39 is 0 Å². The van der Waals surface area contributed by atoms with E-state index in [0.29, 0.717) is 6.61 Å². The van der Waals surface area contributed by atoms with Crippen molar-refractivity contribution in [2.75, 3.05) is 13.2 Å². The Morgan fingerprint density at radius 2 is 1.62 bits per heavy atom. The van der Waals surface area contributed by atoms with Crippen molar-refractivity contribution in [1.29, 1.82) is 0 Å². The van der Waals surface area contributed by atoms with Gasteiger partial charge in [0.05, 0.1) is 12.6 Å². The Bertz CT molecular complexity index is 566. The van der Waals surface area contributed by atoms with Gasteiger partial charge in [0.25, 0.3) is 0 Å². The van der Waals surface area contributed by atoms with Crippen LogP contribution >= 0.6 is 0 Å². The van der Waals surface area contributed by atoms with Gasteiger partial charge in [-0.25, -0.2) is 0 Å². The molecule has 0 saturated heterocycles. The zero-order valence-electron chi connectivity index (χ0n) is 12.5. The minimum Gasteiger partial charge on any atom is -0.457 e. The Kier molecular flexibility index (Phi) is 4.23. The maximum absolute atomic E-state index is 6.00. The van der Waals surface area contributed by atoms with Crippen molar-refractivity contribution >= 4 is 0 Å². The van der Waals surface area contributed by atoms with Crippen molar-refractivity contribution in [3.8, 4) is 11.5 Å². The molecule has 3 heteroatoms. The monoisotopic (exact) mass is 283 g/mol. The van der Waals surface area contributed by atoms with Crippen LogP contribution in [0.5, 0.6) is 11.5 Å². The van der Waals surface area contributed by atoms with Gasteiger partial charge < -0.3 is 14.8 Å². The Labute approximate surface area is 125 Å². The fraction of sp³-hybridized carbons (Fsp3) is 0.333. The molecule has 2 aromatic rings. The van der Waals surface area contributed by atoms with E-state index in [1.807, 2.05) is 31.2 Å². The normalized spacial score (nSPS) is 15.0. The highest BCUT2D eigenvalue weighted by molar-refractivity contribution is 5.52. The minimum atomic E-state index is 0.140. The number of hydrogen-bond donors (Lipinski definition) is 1. The molecule has 1 unspecified atom stereocenters. The van der Waals surface area contributed by atoms with Crippen molar-refractivity contribution in [3.05, 3.63) is 59.7 Å². The van der Waals surface area contributed by atoms with E-state index in [1.54, 1.807) is 0 Å². The Morgan fingerprint density at radius 3 is 2.19 bits per heavy atom. The van der Waals surface area contributed by atoms with Gasteiger partial charge in [0.2, 0.25) is 0 Å². The Balaban J connectivity index is 1.91. The van der Waals surface area contributed by atoms with E-state index >= 15 is 0 Å². The van der Waals surface area contributed by atoms with Crippen LogP contribution < -0.4 is 10.1 Å². The molecule has 1 aliphatic heterocycles. The molecule has 0 amide bonds. The highest BCUT2D eigenvalue weighted by Crippen LogP contribution is 2.42. The van der Waals surface area contributed by atoms with Gasteiger partial charge in [-0.2, -0.15) is 0 Å². The van der Waals surface area contributed by atoms with E-state index in [4.69, 9.17) is 9.47 Å². The largest absolute Gasteiger partial charge is 0.457 e. The molecule has 0 radical (unpaired) electrons. The van der Waals surface area contributed by atoms with Crippen LogP contribution in [-0.4, -0.2) is 19.3 Å². The van der Waals surface area contributed by atoms with E-state index in [0.717, 1.165) is 18.1 Å². The first-order valence-corrected chi connectivity index (χ1v) is 7.49. The predicted octanol–water partition coefficient (Wildman–Crippen LogP) is 3.90. The summed E-state index contributed by atoms with van der Waals surface area (Å²) in [6.07, 6.45) is 0. The number of rotatable bonds is 5. The van der Waals surface area contributed by atoms with Crippen molar-refractivity contribution in [2.45, 2.75) is 25.9 Å². The van der Waals surface area contributed by atoms with Crippen molar-refractivity contribution < 1.29 is 9.47 Å². The molecule has 0 saturated carbocycles. The van der Waals surface area contributed by atoms with Crippen LogP contribution in [0.25, 0.3) is 0 Å². The number of fused-ring (bicyclic) bond motifs is 2. The molecule has 2 aromatic carbocycles. The standard InChI is InChI=1S/C18H21NO2/c1-3-20-12-13(2)19-18-14-8-4-6-10-16(14)21-17-11-7-5-9-15(17)18/h4-11,13,18-19H,3,12H2,1-2H3. The van der Waals surface area contributed by atoms with Gasteiger partial charge in [-0.05, 0) is 26.0 Å². The third-order valence-electron chi connectivity index (χ3n) is 3.70. The van der Waals surface area contributed by atoms with Crippen LogP contribution in [0.15, 0.2) is 48.5 Å². The zero-order chi connectivity index (χ0) is 14.7. The molecular formula is C18H21NO2. The maximum Gasteiger partial charge on any atom is 0.132 e. The minimum absolute atomic E-state index is 0.140. The molecule has 0 aliphatic carbocycles. The van der Waals surface area contributed by atoms with Crippen LogP contribution in [0.4, 0.5) is 0 Å². The summed E-state index contributed by atoms with van der Waals surface area (Å²) in [5, 5.41) is 3.66. The van der Waals surface area contributed by atoms with Crippen LogP contribution in [0.2, 0.25) is 0 Å². The molecule has 21 heavy (non-hydrogen) atoms. The zero-order valence-corrected chi connectivity index (χ0v) is 12.5. The summed E-state index contributed by atoms with van der Waals surface area (Å²) in [7, 11) is 0. The molecule has 1 heterocycles. The molecule has 0 bridgehead atoms. The average Bonchev–Trinajstić information content (AvgIpc) is 2.52. The second kappa shape index (κ2) is 6.29. The lowest BCUT2D eigenvalue weighted by Gasteiger charge is -2.31. The first-order chi connectivity index (χ1) is 10.3. The molecule has 110 valence electrons. The predicted molar refractivity (Wildman–Crippen MR) is 83.9 cm³/mol. The number of benzene rings is 2. The molecule has 1 aliphatic rings. The number of hydrogen-bond acceptors (Lipinski definition) is 3. The first kappa shape index (κ1) is 14.1. The molecule has 3 nitrogen and oxygen atoms in total. The summed E-state index contributed by atoms with van der Waals surface area (Å²) >= 11 is 0. The topological polar surface area (TPSA) is 30.5 Å². The highest BCUT2D eigenvalue weighted by atomic mass is 16.5. The van der Waals surface area contributed by atoms with Crippen molar-refractivity contribution in [3.63, 3.8) is 0 Å². The third-order valence-corrected chi connectivity index (χ3v) is 3.70. The maximum atomic E-state index is 6.00. The molecule has 1 N–H and O–H groups in total. The lowest BCUT2D eigenvalue weighted by Crippen LogP contribution is -2.36. The summed E-state index contributed by atoms with van der Waals surface area (Å²) in [6, 6.07) is 16.8. The van der Waals surface area contributed by atoms with Crippen LogP contribution in [-0.2, 0) is 4.74 Å². The molecule has 0 aromatic heterocycles. The summed E-state index contributed by atoms with van der Waals surface area (Å²) in [4.78, 5) is 0. The SMILES string of the molecule is CCOCC(C)NC1c2ccccc2Oc2ccccc21. The quantitative estimate of drug-likeness (QED) is 0.903. The second-order valence-corrected chi connectivity index (χ2v) is 5.34. The van der Waals surface area contributed by atoms with Crippen LogP contribution in [0, 0.1) is 0 Å². The number of para-hydroxylation sites is 2. The summed E-state index contributed by atoms with van der Waals surface area (Å²) in [5.74, 6) is 1.86. The summed E-state index contributed by atoms with van der Waals surface area (Å²) in [5.41, 5.74) is 2.36. The molecule has 3 rings (SSSR count). The Hall–Kier alpha value is -1.84. The molecular weight excluding hydrogens is 262 g/mol. The van der Waals surface area contributed by atoms with E-state index in [1.165, 1.54) is 11.1 Å². The number of nitrogens with one attached hydrogen (secondary N) is 1. The second-order valence-electron chi connectivity index (χ2n) is 5.34. The highest BCUT2D eigenvalue weighted by Gasteiger charge is 2.27. The van der Waals surface area contributed by atoms with E-state index in [-0.39, 0.29) is 12.1 Å². The lowest BCUT2D eigenvalue weighted by atomic mass is 9.94. The van der Waals surface area contributed by atoms with Crippen molar-refractivity contribution in [2.24, 2.45) is 0 Å². The fourth-order valence-corrected chi connectivity index (χ4v) is 2.72. The smallest absolute Gasteiger partial charge is 0.132 e. The van der Waals surface area contributed by atoms with Gasteiger partial charge >= 0.3 is 0 Å². The van der Waals surface area contributed by atoms with Gasteiger partial charge in [0, 0.05) is 23.8 Å². The van der Waals surface area contributed by atoms with Gasteiger partial charge in [0.1, 0.15) is 11.5 Å². The van der Waals surface area contributed by atoms with Gasteiger partial charge in [-0.3, -0.25) is 0 Å². The van der Waals surface area contributed by atoms with Gasteiger partial charge in [-0.15, -0.1) is 0 Å². The fourth-order valence-electron chi connectivity index (χ4n) is 2.72. The molecule has 0 spiro atoms. The lowest BCUT2D eigenvalue weighted by molar-refractivity contribution is 0.124. The van der Waals surface area contributed by atoms with Crippen LogP contribution in [0.3, 0.4) is 0 Å². The van der Waals surface area contributed by atoms with Crippen molar-refractivity contribution in [1.82, 2.24) is 5.32 Å². The van der Waals surface area contributed by atoms with E-state index in [2.05, 4.69) is 36.5 Å². The summed E-state index contributed by atoms with van der Waals surface area (Å²) < 4.78 is 11.5. The average molecular weight is 283 g/mol. The van der Waals surface area contributed by atoms with Gasteiger partial charge in [-0.1, -0.05) is 36.4 Å². The summed E-state index contributed by atoms with van der Waals surface area (Å²) in [6.45, 7) is 5.62. The first-order valence-electron chi connectivity index (χ1n) is 7.49. The van der Waals surface area contributed by atoms with Gasteiger partial charge in [0.15, 0.2) is 0 Å². The molecule has 0 fully saturated rings. The van der Waals surface area contributed by atoms with Crippen LogP contribution in [0.1, 0.15) is 31.0 Å². The Morgan fingerprint density at radius 1 is 1.05 bits per heavy atom. The molecule has 1 atom stereocenters. The third kappa shape index (κ3) is 2.94. The van der Waals surface area contributed by atoms with E-state index in [9.17, 15) is 0 Å². The number of ether oxygens (including phenoxy) is 2.